The molecule has 1 atom stereocenters. The van der Waals surface area contributed by atoms with E-state index in [1.807, 2.05) is 6.92 Å². The SMILES string of the molecule is CCCSCc1cc(=O)[nH]c(SC(C)C(=O)NC2CCCCC2)n1. The Balaban J connectivity index is 1.90. The smallest absolute Gasteiger partial charge is 0.251 e. The number of nitrogens with one attached hydrogen (secondary N) is 2. The van der Waals surface area contributed by atoms with E-state index < -0.39 is 0 Å². The molecule has 1 aromatic rings. The minimum Gasteiger partial charge on any atom is -0.352 e. The van der Waals surface area contributed by atoms with Crippen molar-refractivity contribution in [2.24, 2.45) is 0 Å². The van der Waals surface area contributed by atoms with E-state index in [9.17, 15) is 9.59 Å². The molecule has 1 fully saturated rings. The number of amides is 1. The number of aromatic nitrogens is 2. The largest absolute Gasteiger partial charge is 0.352 e. The Bertz CT molecular complexity index is 585. The van der Waals surface area contributed by atoms with Crippen molar-refractivity contribution in [3.8, 4) is 0 Å². The van der Waals surface area contributed by atoms with Crippen LogP contribution in [0.15, 0.2) is 16.0 Å². The van der Waals surface area contributed by atoms with Gasteiger partial charge in [-0.2, -0.15) is 11.8 Å². The normalized spacial score (nSPS) is 16.8. The fourth-order valence-electron chi connectivity index (χ4n) is 2.72. The first-order valence-corrected chi connectivity index (χ1v) is 10.8. The van der Waals surface area contributed by atoms with E-state index in [2.05, 4.69) is 22.2 Å². The monoisotopic (exact) mass is 369 g/mol. The second kappa shape index (κ2) is 10.1. The Morgan fingerprint density at radius 2 is 2.17 bits per heavy atom. The van der Waals surface area contributed by atoms with Gasteiger partial charge in [-0.3, -0.25) is 9.59 Å². The first-order valence-electron chi connectivity index (χ1n) is 8.73. The fourth-order valence-corrected chi connectivity index (χ4v) is 4.35. The minimum absolute atomic E-state index is 0.0281. The lowest BCUT2D eigenvalue weighted by Crippen LogP contribution is -2.40. The van der Waals surface area contributed by atoms with Crippen LogP contribution in [0.3, 0.4) is 0 Å². The molecule has 2 N–H and O–H groups in total. The highest BCUT2D eigenvalue weighted by atomic mass is 32.2. The number of nitrogens with zero attached hydrogens (tertiary/aromatic N) is 1. The zero-order chi connectivity index (χ0) is 17.4. The van der Waals surface area contributed by atoms with E-state index in [1.165, 1.54) is 31.0 Å². The predicted octanol–water partition coefficient (Wildman–Crippen LogP) is 3.34. The number of carbonyl (C=O) groups is 1. The summed E-state index contributed by atoms with van der Waals surface area (Å²) in [6.07, 6.45) is 6.90. The van der Waals surface area contributed by atoms with E-state index in [0.29, 0.717) is 11.2 Å². The average Bonchev–Trinajstić information content (AvgIpc) is 2.55. The summed E-state index contributed by atoms with van der Waals surface area (Å²) in [5, 5.41) is 3.39. The van der Waals surface area contributed by atoms with E-state index in [1.54, 1.807) is 17.8 Å². The fraction of sp³-hybridized carbons (Fsp3) is 0.706. The van der Waals surface area contributed by atoms with Crippen molar-refractivity contribution in [3.63, 3.8) is 0 Å². The zero-order valence-corrected chi connectivity index (χ0v) is 16.1. The lowest BCUT2D eigenvalue weighted by molar-refractivity contribution is -0.121. The summed E-state index contributed by atoms with van der Waals surface area (Å²) < 4.78 is 0. The van der Waals surface area contributed by atoms with Crippen LogP contribution >= 0.6 is 23.5 Å². The average molecular weight is 370 g/mol. The molecule has 7 heteroatoms. The van der Waals surface area contributed by atoms with Gasteiger partial charge in [-0.05, 0) is 31.9 Å². The van der Waals surface area contributed by atoms with Crippen LogP contribution in [0.1, 0.15) is 58.1 Å². The number of H-pyrrole nitrogens is 1. The molecule has 0 radical (unpaired) electrons. The van der Waals surface area contributed by atoms with E-state index >= 15 is 0 Å². The molecule has 1 saturated carbocycles. The van der Waals surface area contributed by atoms with Crippen molar-refractivity contribution in [3.05, 3.63) is 22.1 Å². The molecule has 1 heterocycles. The molecule has 1 aliphatic rings. The summed E-state index contributed by atoms with van der Waals surface area (Å²) >= 11 is 3.09. The molecule has 24 heavy (non-hydrogen) atoms. The number of thioether (sulfide) groups is 2. The van der Waals surface area contributed by atoms with Crippen LogP contribution in [0.4, 0.5) is 0 Å². The van der Waals surface area contributed by atoms with Crippen molar-refractivity contribution < 1.29 is 4.79 Å². The van der Waals surface area contributed by atoms with Gasteiger partial charge in [-0.25, -0.2) is 4.98 Å². The first-order chi connectivity index (χ1) is 11.6. The molecule has 2 rings (SSSR count). The molecule has 1 amide bonds. The van der Waals surface area contributed by atoms with E-state index in [4.69, 9.17) is 0 Å². The van der Waals surface area contributed by atoms with Crippen molar-refractivity contribution >= 4 is 29.4 Å². The third-order valence-electron chi connectivity index (χ3n) is 3.98. The van der Waals surface area contributed by atoms with Crippen LogP contribution in [0.5, 0.6) is 0 Å². The van der Waals surface area contributed by atoms with E-state index in [-0.39, 0.29) is 16.7 Å². The molecule has 0 saturated heterocycles. The maximum absolute atomic E-state index is 12.3. The summed E-state index contributed by atoms with van der Waals surface area (Å²) in [5.74, 6) is 1.81. The van der Waals surface area contributed by atoms with Gasteiger partial charge in [0.1, 0.15) is 0 Å². The summed E-state index contributed by atoms with van der Waals surface area (Å²) in [6.45, 7) is 3.99. The maximum Gasteiger partial charge on any atom is 0.251 e. The lowest BCUT2D eigenvalue weighted by atomic mass is 9.95. The highest BCUT2D eigenvalue weighted by Crippen LogP contribution is 2.22. The summed E-state index contributed by atoms with van der Waals surface area (Å²) in [7, 11) is 0. The quantitative estimate of drug-likeness (QED) is 0.418. The molecule has 0 bridgehead atoms. The summed E-state index contributed by atoms with van der Waals surface area (Å²) in [6, 6.07) is 1.84. The van der Waals surface area contributed by atoms with Crippen molar-refractivity contribution in [2.45, 2.75) is 74.6 Å². The Kier molecular flexibility index (Phi) is 8.18. The Hall–Kier alpha value is -0.950. The topological polar surface area (TPSA) is 74.8 Å². The molecule has 1 aliphatic carbocycles. The van der Waals surface area contributed by atoms with Gasteiger partial charge >= 0.3 is 0 Å². The van der Waals surface area contributed by atoms with Crippen LogP contribution in [0.2, 0.25) is 0 Å². The number of carbonyl (C=O) groups excluding carboxylic acids is 1. The van der Waals surface area contributed by atoms with E-state index in [0.717, 1.165) is 36.5 Å². The van der Waals surface area contributed by atoms with Gasteiger partial charge in [0, 0.05) is 17.9 Å². The number of hydrogen-bond acceptors (Lipinski definition) is 5. The van der Waals surface area contributed by atoms with Gasteiger partial charge in [0.15, 0.2) is 5.16 Å². The van der Waals surface area contributed by atoms with Gasteiger partial charge in [-0.1, -0.05) is 37.9 Å². The lowest BCUT2D eigenvalue weighted by Gasteiger charge is -2.24. The summed E-state index contributed by atoms with van der Waals surface area (Å²) in [5.41, 5.74) is 0.624. The molecule has 1 unspecified atom stereocenters. The van der Waals surface area contributed by atoms with Crippen LogP contribution in [-0.2, 0) is 10.5 Å². The van der Waals surface area contributed by atoms with Crippen LogP contribution in [-0.4, -0.2) is 32.9 Å². The molecule has 5 nitrogen and oxygen atoms in total. The molecule has 1 aromatic heterocycles. The Morgan fingerprint density at radius 1 is 1.42 bits per heavy atom. The van der Waals surface area contributed by atoms with Crippen LogP contribution < -0.4 is 10.9 Å². The van der Waals surface area contributed by atoms with Gasteiger partial charge in [-0.15, -0.1) is 0 Å². The Morgan fingerprint density at radius 3 is 2.88 bits per heavy atom. The highest BCUT2D eigenvalue weighted by Gasteiger charge is 2.21. The molecular formula is C17H27N3O2S2. The molecule has 0 spiro atoms. The second-order valence-corrected chi connectivity index (χ2v) is 8.63. The number of aromatic amines is 1. The number of hydrogen-bond donors (Lipinski definition) is 2. The predicted molar refractivity (Wildman–Crippen MR) is 102 cm³/mol. The van der Waals surface area contributed by atoms with Gasteiger partial charge < -0.3 is 10.3 Å². The maximum atomic E-state index is 12.3. The molecule has 134 valence electrons. The van der Waals surface area contributed by atoms with Gasteiger partial charge in [0.2, 0.25) is 5.91 Å². The second-order valence-electron chi connectivity index (χ2n) is 6.20. The minimum atomic E-state index is -0.270. The van der Waals surface area contributed by atoms with Crippen molar-refractivity contribution in [2.75, 3.05) is 5.75 Å². The van der Waals surface area contributed by atoms with Crippen LogP contribution in [0, 0.1) is 0 Å². The standard InChI is InChI=1S/C17H27N3O2S2/c1-3-9-23-11-14-10-15(21)20-17(19-14)24-12(2)16(22)18-13-7-5-4-6-8-13/h10,12-13H,3-9,11H2,1-2H3,(H,18,22)(H,19,20,21). The first kappa shape index (κ1) is 19.4. The van der Waals surface area contributed by atoms with Crippen LogP contribution in [0.25, 0.3) is 0 Å². The molecular weight excluding hydrogens is 342 g/mol. The van der Waals surface area contributed by atoms with Gasteiger partial charge in [0.25, 0.3) is 5.56 Å². The van der Waals surface area contributed by atoms with Crippen molar-refractivity contribution in [1.29, 1.82) is 0 Å². The molecule has 0 aliphatic heterocycles. The summed E-state index contributed by atoms with van der Waals surface area (Å²) in [4.78, 5) is 31.3. The Labute approximate surface area is 152 Å². The highest BCUT2D eigenvalue weighted by molar-refractivity contribution is 8.00. The number of rotatable bonds is 8. The van der Waals surface area contributed by atoms with Crippen molar-refractivity contribution in [1.82, 2.24) is 15.3 Å². The van der Waals surface area contributed by atoms with Gasteiger partial charge in [0.05, 0.1) is 10.9 Å². The zero-order valence-electron chi connectivity index (χ0n) is 14.5. The third-order valence-corrected chi connectivity index (χ3v) is 6.16. The molecule has 0 aromatic carbocycles. The third kappa shape index (κ3) is 6.51.